The van der Waals surface area contributed by atoms with Crippen molar-refractivity contribution in [3.63, 3.8) is 0 Å². The molecule has 1 saturated carbocycles. The van der Waals surface area contributed by atoms with Crippen molar-refractivity contribution in [2.24, 2.45) is 5.41 Å². The molecule has 0 spiro atoms. The minimum absolute atomic E-state index is 0.0586. The van der Waals surface area contributed by atoms with Crippen molar-refractivity contribution in [3.8, 4) is 0 Å². The van der Waals surface area contributed by atoms with E-state index in [4.69, 9.17) is 4.74 Å². The molecule has 0 aliphatic heterocycles. The van der Waals surface area contributed by atoms with Gasteiger partial charge in [-0.15, -0.1) is 0 Å². The van der Waals surface area contributed by atoms with Gasteiger partial charge >= 0.3 is 6.09 Å². The quantitative estimate of drug-likeness (QED) is 0.797. The Bertz CT molecular complexity index is 260. The molecule has 0 bridgehead atoms. The fourth-order valence-corrected chi connectivity index (χ4v) is 1.83. The fraction of sp³-hybridized carbons (Fsp3) is 0.929. The lowest BCUT2D eigenvalue weighted by molar-refractivity contribution is -0.0407. The van der Waals surface area contributed by atoms with Gasteiger partial charge in [-0.3, -0.25) is 0 Å². The van der Waals surface area contributed by atoms with Crippen molar-refractivity contribution >= 4 is 6.09 Å². The monoisotopic (exact) mass is 241 g/mol. The maximum Gasteiger partial charge on any atom is 0.407 e. The van der Waals surface area contributed by atoms with Crippen LogP contribution >= 0.6 is 0 Å². The van der Waals surface area contributed by atoms with Crippen molar-refractivity contribution in [1.29, 1.82) is 0 Å². The van der Waals surface area contributed by atoms with Crippen LogP contribution in [0.15, 0.2) is 0 Å². The van der Waals surface area contributed by atoms with Crippen molar-refractivity contribution in [3.05, 3.63) is 0 Å². The molecule has 0 radical (unpaired) electrons. The van der Waals surface area contributed by atoms with Crippen LogP contribution < -0.4 is 5.32 Å². The molecular formula is C14H27NO2. The number of amides is 1. The zero-order valence-electron chi connectivity index (χ0n) is 11.9. The molecule has 1 fully saturated rings. The van der Waals surface area contributed by atoms with Gasteiger partial charge in [0, 0.05) is 11.5 Å². The van der Waals surface area contributed by atoms with Crippen molar-refractivity contribution in [2.45, 2.75) is 78.4 Å². The number of hydrogen-bond acceptors (Lipinski definition) is 2. The molecule has 3 nitrogen and oxygen atoms in total. The second-order valence-corrected chi connectivity index (χ2v) is 6.63. The molecule has 0 saturated heterocycles. The Balaban J connectivity index is 2.43. The van der Waals surface area contributed by atoms with E-state index in [0.717, 1.165) is 12.8 Å². The Morgan fingerprint density at radius 1 is 1.06 bits per heavy atom. The first-order valence-electron chi connectivity index (χ1n) is 6.72. The van der Waals surface area contributed by atoms with Gasteiger partial charge < -0.3 is 10.1 Å². The van der Waals surface area contributed by atoms with Gasteiger partial charge in [0.05, 0.1) is 0 Å². The molecular weight excluding hydrogens is 214 g/mol. The van der Waals surface area contributed by atoms with Gasteiger partial charge in [0.2, 0.25) is 0 Å². The molecule has 100 valence electrons. The molecule has 1 N–H and O–H groups in total. The Labute approximate surface area is 105 Å². The van der Waals surface area contributed by atoms with E-state index in [1.54, 1.807) is 0 Å². The van der Waals surface area contributed by atoms with E-state index in [2.05, 4.69) is 26.1 Å². The van der Waals surface area contributed by atoms with Crippen LogP contribution in [-0.2, 0) is 4.74 Å². The number of nitrogens with one attached hydrogen (secondary N) is 1. The molecule has 1 amide bonds. The highest BCUT2D eigenvalue weighted by Gasteiger charge is 2.36. The van der Waals surface area contributed by atoms with Crippen LogP contribution in [0.4, 0.5) is 4.79 Å². The van der Waals surface area contributed by atoms with Crippen LogP contribution in [0.25, 0.3) is 0 Å². The SMILES string of the molecule is CC(C)(C)C(C)(C)OC(=O)NC1CCCCC1. The lowest BCUT2D eigenvalue weighted by Gasteiger charge is -2.38. The van der Waals surface area contributed by atoms with Crippen LogP contribution in [0.1, 0.15) is 66.7 Å². The molecule has 0 atom stereocenters. The van der Waals surface area contributed by atoms with Gasteiger partial charge in [0.1, 0.15) is 5.60 Å². The minimum atomic E-state index is -0.453. The third kappa shape index (κ3) is 4.21. The van der Waals surface area contributed by atoms with Gasteiger partial charge in [-0.25, -0.2) is 4.79 Å². The van der Waals surface area contributed by atoms with Gasteiger partial charge in [-0.05, 0) is 26.7 Å². The lowest BCUT2D eigenvalue weighted by atomic mass is 9.79. The topological polar surface area (TPSA) is 38.3 Å². The normalized spacial score (nSPS) is 18.9. The number of alkyl carbamates (subject to hydrolysis) is 1. The summed E-state index contributed by atoms with van der Waals surface area (Å²) < 4.78 is 5.55. The summed E-state index contributed by atoms with van der Waals surface area (Å²) in [5.41, 5.74) is -0.511. The molecule has 0 aromatic rings. The summed E-state index contributed by atoms with van der Waals surface area (Å²) >= 11 is 0. The van der Waals surface area contributed by atoms with Crippen molar-refractivity contribution < 1.29 is 9.53 Å². The van der Waals surface area contributed by atoms with Crippen LogP contribution in [0.3, 0.4) is 0 Å². The van der Waals surface area contributed by atoms with Crippen LogP contribution in [0.2, 0.25) is 0 Å². The zero-order valence-corrected chi connectivity index (χ0v) is 11.9. The first-order valence-corrected chi connectivity index (χ1v) is 6.72. The molecule has 1 rings (SSSR count). The highest BCUT2D eigenvalue weighted by Crippen LogP contribution is 2.33. The predicted molar refractivity (Wildman–Crippen MR) is 70.0 cm³/mol. The molecule has 0 aromatic carbocycles. The number of ether oxygens (including phenoxy) is 1. The van der Waals surface area contributed by atoms with E-state index in [-0.39, 0.29) is 11.5 Å². The van der Waals surface area contributed by atoms with E-state index < -0.39 is 5.60 Å². The first kappa shape index (κ1) is 14.3. The Morgan fingerprint density at radius 2 is 1.59 bits per heavy atom. The number of carbonyl (C=O) groups is 1. The first-order chi connectivity index (χ1) is 7.72. The summed E-state index contributed by atoms with van der Waals surface area (Å²) in [6.07, 6.45) is 5.63. The summed E-state index contributed by atoms with van der Waals surface area (Å²) in [6, 6.07) is 0.312. The summed E-state index contributed by atoms with van der Waals surface area (Å²) in [5.74, 6) is 0. The maximum absolute atomic E-state index is 11.8. The van der Waals surface area contributed by atoms with Crippen LogP contribution in [0.5, 0.6) is 0 Å². The highest BCUT2D eigenvalue weighted by atomic mass is 16.6. The average Bonchev–Trinajstić information content (AvgIpc) is 2.16. The molecule has 3 heteroatoms. The van der Waals surface area contributed by atoms with Crippen LogP contribution in [0, 0.1) is 5.41 Å². The summed E-state index contributed by atoms with van der Waals surface area (Å²) in [7, 11) is 0. The standard InChI is InChI=1S/C14H27NO2/c1-13(2,3)14(4,5)17-12(16)15-11-9-7-6-8-10-11/h11H,6-10H2,1-5H3,(H,15,16). The van der Waals surface area contributed by atoms with Gasteiger partial charge in [0.25, 0.3) is 0 Å². The highest BCUT2D eigenvalue weighted by molar-refractivity contribution is 5.68. The van der Waals surface area contributed by atoms with E-state index in [9.17, 15) is 4.79 Å². The van der Waals surface area contributed by atoms with Crippen molar-refractivity contribution in [1.82, 2.24) is 5.32 Å². The average molecular weight is 241 g/mol. The third-order valence-corrected chi connectivity index (χ3v) is 4.08. The van der Waals surface area contributed by atoms with Crippen molar-refractivity contribution in [2.75, 3.05) is 0 Å². The zero-order chi connectivity index (χ0) is 13.1. The smallest absolute Gasteiger partial charge is 0.407 e. The van der Waals surface area contributed by atoms with Gasteiger partial charge in [-0.1, -0.05) is 40.0 Å². The van der Waals surface area contributed by atoms with E-state index in [1.165, 1.54) is 19.3 Å². The molecule has 0 heterocycles. The lowest BCUT2D eigenvalue weighted by Crippen LogP contribution is -2.46. The molecule has 17 heavy (non-hydrogen) atoms. The number of carbonyl (C=O) groups excluding carboxylic acids is 1. The second-order valence-electron chi connectivity index (χ2n) is 6.63. The van der Waals surface area contributed by atoms with Gasteiger partial charge in [-0.2, -0.15) is 0 Å². The summed E-state index contributed by atoms with van der Waals surface area (Å²) in [6.45, 7) is 10.2. The van der Waals surface area contributed by atoms with Gasteiger partial charge in [0.15, 0.2) is 0 Å². The van der Waals surface area contributed by atoms with E-state index in [0.29, 0.717) is 6.04 Å². The predicted octanol–water partition coefficient (Wildman–Crippen LogP) is 3.87. The number of rotatable bonds is 2. The van der Waals surface area contributed by atoms with Crippen LogP contribution in [-0.4, -0.2) is 17.7 Å². The largest absolute Gasteiger partial charge is 0.443 e. The summed E-state index contributed by atoms with van der Waals surface area (Å²) in [4.78, 5) is 11.8. The Kier molecular flexibility index (Phi) is 4.45. The molecule has 0 unspecified atom stereocenters. The Morgan fingerprint density at radius 3 is 2.06 bits per heavy atom. The third-order valence-electron chi connectivity index (χ3n) is 4.08. The maximum atomic E-state index is 11.8. The molecule has 1 aliphatic carbocycles. The Hall–Kier alpha value is -0.730. The second kappa shape index (κ2) is 5.28. The summed E-state index contributed by atoms with van der Waals surface area (Å²) in [5, 5.41) is 2.99. The van der Waals surface area contributed by atoms with E-state index in [1.807, 2.05) is 13.8 Å². The molecule has 0 aromatic heterocycles. The molecule has 1 aliphatic rings. The van der Waals surface area contributed by atoms with E-state index >= 15 is 0 Å². The minimum Gasteiger partial charge on any atom is -0.443 e. The fourth-order valence-electron chi connectivity index (χ4n) is 1.83. The number of hydrogen-bond donors (Lipinski definition) is 1.